The predicted molar refractivity (Wildman–Crippen MR) is 78.6 cm³/mol. The maximum Gasteiger partial charge on any atom is 0.0791 e. The average Bonchev–Trinajstić information content (AvgIpc) is 2.43. The van der Waals surface area contributed by atoms with E-state index in [0.717, 1.165) is 45.6 Å². The van der Waals surface area contributed by atoms with Gasteiger partial charge in [-0.25, -0.2) is 0 Å². The van der Waals surface area contributed by atoms with Crippen LogP contribution in [0.2, 0.25) is 0 Å². The first-order valence-corrected chi connectivity index (χ1v) is 7.42. The summed E-state index contributed by atoms with van der Waals surface area (Å²) in [6, 6.07) is 0. The summed E-state index contributed by atoms with van der Waals surface area (Å²) >= 11 is 0. The molecule has 0 aliphatic rings. The Bertz CT molecular complexity index is 178. The van der Waals surface area contributed by atoms with Crippen LogP contribution in [0.4, 0.5) is 0 Å². The van der Waals surface area contributed by atoms with Crippen LogP contribution in [-0.2, 0) is 9.47 Å². The third-order valence-corrected chi connectivity index (χ3v) is 3.07. The Balaban J connectivity index is 3.24. The molecular formula is C14H32N2O3. The Morgan fingerprint density at radius 1 is 1.11 bits per heavy atom. The van der Waals surface area contributed by atoms with Gasteiger partial charge in [0, 0.05) is 26.8 Å². The molecule has 0 radical (unpaired) electrons. The van der Waals surface area contributed by atoms with Gasteiger partial charge in [-0.3, -0.25) is 0 Å². The number of nitrogens with zero attached hydrogens (tertiary/aromatic N) is 1. The molecule has 5 heteroatoms. The summed E-state index contributed by atoms with van der Waals surface area (Å²) in [5, 5.41) is 13.1. The standard InChI is InChI=1S/C14H32N2O3/c1-4-16(5-2)13-14(17)12-15-8-6-7-9-19-11-10-18-3/h14-15,17H,4-13H2,1-3H3. The van der Waals surface area contributed by atoms with E-state index >= 15 is 0 Å². The highest BCUT2D eigenvalue weighted by atomic mass is 16.5. The first-order chi connectivity index (χ1) is 9.24. The molecule has 0 fully saturated rings. The molecule has 0 spiro atoms. The smallest absolute Gasteiger partial charge is 0.0791 e. The van der Waals surface area contributed by atoms with Gasteiger partial charge in [-0.05, 0) is 32.5 Å². The average molecular weight is 276 g/mol. The highest BCUT2D eigenvalue weighted by Crippen LogP contribution is 1.92. The summed E-state index contributed by atoms with van der Waals surface area (Å²) in [4.78, 5) is 2.23. The minimum Gasteiger partial charge on any atom is -0.390 e. The lowest BCUT2D eigenvalue weighted by atomic mass is 10.3. The second-order valence-corrected chi connectivity index (χ2v) is 4.66. The Hall–Kier alpha value is -0.200. The van der Waals surface area contributed by atoms with Crippen LogP contribution in [0.15, 0.2) is 0 Å². The Kier molecular flexibility index (Phi) is 14.1. The van der Waals surface area contributed by atoms with Crippen molar-refractivity contribution < 1.29 is 14.6 Å². The van der Waals surface area contributed by atoms with Crippen LogP contribution < -0.4 is 5.32 Å². The van der Waals surface area contributed by atoms with E-state index in [0.29, 0.717) is 19.8 Å². The van der Waals surface area contributed by atoms with Crippen molar-refractivity contribution in [1.29, 1.82) is 0 Å². The van der Waals surface area contributed by atoms with E-state index in [1.165, 1.54) is 0 Å². The molecule has 0 saturated carbocycles. The zero-order valence-corrected chi connectivity index (χ0v) is 12.9. The van der Waals surface area contributed by atoms with Crippen molar-refractivity contribution in [3.63, 3.8) is 0 Å². The van der Waals surface area contributed by atoms with Gasteiger partial charge in [0.2, 0.25) is 0 Å². The third kappa shape index (κ3) is 12.6. The predicted octanol–water partition coefficient (Wildman–Crippen LogP) is 0.722. The van der Waals surface area contributed by atoms with E-state index in [9.17, 15) is 5.11 Å². The van der Waals surface area contributed by atoms with Crippen LogP contribution in [0.25, 0.3) is 0 Å². The molecular weight excluding hydrogens is 244 g/mol. The molecule has 19 heavy (non-hydrogen) atoms. The van der Waals surface area contributed by atoms with Crippen LogP contribution in [-0.4, -0.2) is 75.8 Å². The Morgan fingerprint density at radius 3 is 2.47 bits per heavy atom. The summed E-state index contributed by atoms with van der Waals surface area (Å²) in [5.41, 5.74) is 0. The molecule has 1 atom stereocenters. The van der Waals surface area contributed by atoms with Gasteiger partial charge >= 0.3 is 0 Å². The highest BCUT2D eigenvalue weighted by Gasteiger charge is 2.07. The van der Waals surface area contributed by atoms with Crippen molar-refractivity contribution in [3.05, 3.63) is 0 Å². The lowest BCUT2D eigenvalue weighted by Crippen LogP contribution is -2.38. The second-order valence-electron chi connectivity index (χ2n) is 4.66. The maximum absolute atomic E-state index is 9.84. The number of ether oxygens (including phenoxy) is 2. The number of likely N-dealkylation sites (N-methyl/N-ethyl adjacent to an activating group) is 1. The molecule has 0 heterocycles. The van der Waals surface area contributed by atoms with Crippen LogP contribution >= 0.6 is 0 Å². The van der Waals surface area contributed by atoms with Crippen LogP contribution in [0.1, 0.15) is 26.7 Å². The summed E-state index contributed by atoms with van der Waals surface area (Å²) in [6.45, 7) is 10.7. The molecule has 0 aromatic rings. The fourth-order valence-corrected chi connectivity index (χ4v) is 1.81. The molecule has 0 aromatic heterocycles. The Labute approximate surface area is 118 Å². The molecule has 0 aromatic carbocycles. The van der Waals surface area contributed by atoms with Crippen molar-refractivity contribution in [2.45, 2.75) is 32.8 Å². The number of hydrogen-bond donors (Lipinski definition) is 2. The number of rotatable bonds is 14. The number of hydrogen-bond acceptors (Lipinski definition) is 5. The fourth-order valence-electron chi connectivity index (χ4n) is 1.81. The first-order valence-electron chi connectivity index (χ1n) is 7.42. The van der Waals surface area contributed by atoms with Crippen molar-refractivity contribution in [2.75, 3.05) is 59.7 Å². The highest BCUT2D eigenvalue weighted by molar-refractivity contribution is 4.65. The number of methoxy groups -OCH3 is 1. The first kappa shape index (κ1) is 18.8. The number of aliphatic hydroxyl groups excluding tert-OH is 1. The van der Waals surface area contributed by atoms with Crippen LogP contribution in [0.3, 0.4) is 0 Å². The molecule has 0 aliphatic heterocycles. The largest absolute Gasteiger partial charge is 0.390 e. The van der Waals surface area contributed by atoms with E-state index < -0.39 is 0 Å². The molecule has 0 rings (SSSR count). The van der Waals surface area contributed by atoms with Gasteiger partial charge in [0.25, 0.3) is 0 Å². The molecule has 0 aliphatic carbocycles. The lowest BCUT2D eigenvalue weighted by molar-refractivity contribution is 0.0686. The summed E-state index contributed by atoms with van der Waals surface area (Å²) < 4.78 is 10.3. The van der Waals surface area contributed by atoms with Crippen molar-refractivity contribution in [3.8, 4) is 0 Å². The molecule has 5 nitrogen and oxygen atoms in total. The second kappa shape index (κ2) is 14.2. The molecule has 2 N–H and O–H groups in total. The van der Waals surface area contributed by atoms with Gasteiger partial charge in [-0.1, -0.05) is 13.8 Å². The van der Waals surface area contributed by atoms with E-state index in [1.807, 2.05) is 0 Å². The number of aliphatic hydroxyl groups is 1. The van der Waals surface area contributed by atoms with Crippen LogP contribution in [0, 0.1) is 0 Å². The van der Waals surface area contributed by atoms with Gasteiger partial charge in [-0.15, -0.1) is 0 Å². The van der Waals surface area contributed by atoms with Crippen molar-refractivity contribution in [1.82, 2.24) is 10.2 Å². The van der Waals surface area contributed by atoms with E-state index in [1.54, 1.807) is 7.11 Å². The molecule has 1 unspecified atom stereocenters. The van der Waals surface area contributed by atoms with Gasteiger partial charge in [0.05, 0.1) is 19.3 Å². The fraction of sp³-hybridized carbons (Fsp3) is 1.00. The molecule has 0 bridgehead atoms. The zero-order valence-electron chi connectivity index (χ0n) is 12.9. The normalized spacial score (nSPS) is 13.1. The third-order valence-electron chi connectivity index (χ3n) is 3.07. The van der Waals surface area contributed by atoms with Crippen LogP contribution in [0.5, 0.6) is 0 Å². The molecule has 116 valence electrons. The van der Waals surface area contributed by atoms with Gasteiger partial charge in [-0.2, -0.15) is 0 Å². The molecule has 0 amide bonds. The van der Waals surface area contributed by atoms with E-state index in [4.69, 9.17) is 9.47 Å². The summed E-state index contributed by atoms with van der Waals surface area (Å²) in [5.74, 6) is 0. The lowest BCUT2D eigenvalue weighted by Gasteiger charge is -2.22. The van der Waals surface area contributed by atoms with Gasteiger partial charge < -0.3 is 24.8 Å². The minimum atomic E-state index is -0.280. The summed E-state index contributed by atoms with van der Waals surface area (Å²) in [6.07, 6.45) is 1.84. The number of unbranched alkanes of at least 4 members (excludes halogenated alkanes) is 1. The van der Waals surface area contributed by atoms with Crippen molar-refractivity contribution in [2.24, 2.45) is 0 Å². The quantitative estimate of drug-likeness (QED) is 0.458. The maximum atomic E-state index is 9.84. The minimum absolute atomic E-state index is 0.280. The van der Waals surface area contributed by atoms with Crippen molar-refractivity contribution >= 4 is 0 Å². The SMILES string of the molecule is CCN(CC)CC(O)CNCCCCOCCOC. The summed E-state index contributed by atoms with van der Waals surface area (Å²) in [7, 11) is 1.68. The zero-order chi connectivity index (χ0) is 14.3. The van der Waals surface area contributed by atoms with Gasteiger partial charge in [0.1, 0.15) is 0 Å². The number of nitrogens with one attached hydrogen (secondary N) is 1. The van der Waals surface area contributed by atoms with E-state index in [-0.39, 0.29) is 6.10 Å². The molecule has 0 saturated heterocycles. The van der Waals surface area contributed by atoms with Gasteiger partial charge in [0.15, 0.2) is 0 Å². The Morgan fingerprint density at radius 2 is 1.84 bits per heavy atom. The topological polar surface area (TPSA) is 54.0 Å². The van der Waals surface area contributed by atoms with E-state index in [2.05, 4.69) is 24.1 Å². The monoisotopic (exact) mass is 276 g/mol.